The minimum atomic E-state index is 0. The summed E-state index contributed by atoms with van der Waals surface area (Å²) in [6.07, 6.45) is 0.189. The maximum absolute atomic E-state index is 4.26. The summed E-state index contributed by atoms with van der Waals surface area (Å²) in [5, 5.41) is 33.7. The van der Waals surface area contributed by atoms with Crippen LogP contribution in [0, 0.1) is 47.3 Å². The third kappa shape index (κ3) is 8.68. The summed E-state index contributed by atoms with van der Waals surface area (Å²) < 4.78 is 0. The van der Waals surface area contributed by atoms with E-state index in [1.807, 2.05) is 0 Å². The molecule has 8 N–H and O–H groups in total. The van der Waals surface area contributed by atoms with Crippen molar-refractivity contribution >= 4 is 255 Å². The molecular weight excluding hydrogens is 1840 g/mol. The third-order valence-corrected chi connectivity index (χ3v) is 41.4. The van der Waals surface area contributed by atoms with Crippen LogP contribution in [0.1, 0.15) is 0 Å². The van der Waals surface area contributed by atoms with Crippen molar-refractivity contribution in [1.82, 2.24) is 42.5 Å². The van der Waals surface area contributed by atoms with Crippen molar-refractivity contribution in [3.8, 4) is 0 Å². The molecule has 57 heavy (non-hydrogen) atoms. The average molecular weight is 1880 g/mol. The van der Waals surface area contributed by atoms with Gasteiger partial charge in [-0.25, -0.2) is 0 Å². The SMILES string of the molecule is BrC1C(Br)C(Br)C2C3NC(NC4NC(NC5NC(NC6NC(N3)C3C(Br)C(Br)C(Br)C(Br)C63)C3C(Br)C(Br)C(Br)C(Br)C53)C3C(Br)C(Br)C(Br)C(Br)C43)C2C1Br.[Cu+2]. The molecule has 8 nitrogen and oxygen atoms in total. The fourth-order valence-electron chi connectivity index (χ4n) is 11.8. The van der Waals surface area contributed by atoms with Crippen LogP contribution in [0.2, 0.25) is 0 Å². The van der Waals surface area contributed by atoms with Crippen LogP contribution in [-0.2, 0) is 17.1 Å². The molecule has 0 aromatic rings. The normalized spacial score (nSPS) is 64.8. The fourth-order valence-corrected chi connectivity index (χ4v) is 28.4. The van der Waals surface area contributed by atoms with Crippen LogP contribution in [0.4, 0.5) is 0 Å². The Bertz CT molecular complexity index is 1170. The molecule has 0 spiro atoms. The first-order valence-corrected chi connectivity index (χ1v) is 33.4. The van der Waals surface area contributed by atoms with Gasteiger partial charge in [0.15, 0.2) is 0 Å². The molecule has 4 aliphatic carbocycles. The number of fused-ring (bicyclic) bond motifs is 20. The van der Waals surface area contributed by atoms with Gasteiger partial charge in [0.05, 0.1) is 49.3 Å². The number of hydrogen-bond donors (Lipinski definition) is 8. The summed E-state index contributed by atoms with van der Waals surface area (Å²) in [7, 11) is 0. The average Bonchev–Trinajstić information content (AvgIpc) is 3.92. The number of alkyl halides is 16. The molecular formula is C32H40Br16CuN8+2. The number of halogens is 16. The predicted molar refractivity (Wildman–Crippen MR) is 287 cm³/mol. The van der Waals surface area contributed by atoms with Gasteiger partial charge in [-0.05, 0) is 0 Å². The molecule has 0 amide bonds. The van der Waals surface area contributed by atoms with E-state index in [4.69, 9.17) is 0 Å². The van der Waals surface area contributed by atoms with Gasteiger partial charge in [-0.1, -0.05) is 255 Å². The summed E-state index contributed by atoms with van der Waals surface area (Å²) in [5.41, 5.74) is 0. The molecule has 9 rings (SSSR count). The topological polar surface area (TPSA) is 96.2 Å². The Kier molecular flexibility index (Phi) is 18.1. The number of hydrogen-bond acceptors (Lipinski definition) is 8. The van der Waals surface area contributed by atoms with Gasteiger partial charge >= 0.3 is 17.1 Å². The second-order valence-electron chi connectivity index (χ2n) is 16.9. The third-order valence-electron chi connectivity index (χ3n) is 14.3. The molecule has 0 aromatic heterocycles. The van der Waals surface area contributed by atoms with E-state index in [0.717, 1.165) is 0 Å². The van der Waals surface area contributed by atoms with E-state index in [1.165, 1.54) is 0 Å². The standard InChI is InChI=1S/C32H40Br16N8.Cu/c33-9-1-2(10(34)18(42)17(9)41)26-49-25(1)53-27-3-4(12(36)20(44)19(43)11(3)35)29(50-27)55-31-7-8(16(40)24(48)23(47)15(7)39)32(52-31)56-30-6-5(28(51-30)54-26)13(37)21(45)22(46)14(6)38;/h1-32,49-56H;/q;+2. The molecule has 329 valence electrons. The zero-order valence-corrected chi connectivity index (χ0v) is 55.1. The second-order valence-corrected chi connectivity index (χ2v) is 33.8. The van der Waals surface area contributed by atoms with Crippen molar-refractivity contribution in [2.75, 3.05) is 0 Å². The minimum absolute atomic E-state index is 0. The van der Waals surface area contributed by atoms with E-state index in [0.29, 0.717) is 0 Å². The smallest absolute Gasteiger partial charge is 0.286 e. The fraction of sp³-hybridized carbons (Fsp3) is 1.00. The molecule has 24 unspecified atom stereocenters. The first-order valence-electron chi connectivity index (χ1n) is 18.8. The van der Waals surface area contributed by atoms with Crippen molar-refractivity contribution in [3.63, 3.8) is 0 Å². The molecule has 9 aliphatic rings. The molecule has 5 aliphatic heterocycles. The van der Waals surface area contributed by atoms with Crippen molar-refractivity contribution < 1.29 is 17.1 Å². The molecule has 24 atom stereocenters. The molecule has 8 bridgehead atoms. The predicted octanol–water partition coefficient (Wildman–Crippen LogP) is 8.58. The second kappa shape index (κ2) is 20.2. The molecule has 0 aromatic carbocycles. The Hall–Kier alpha value is 7.88. The van der Waals surface area contributed by atoms with Crippen molar-refractivity contribution in [2.24, 2.45) is 47.3 Å². The van der Waals surface area contributed by atoms with Crippen LogP contribution >= 0.6 is 255 Å². The zero-order valence-electron chi connectivity index (χ0n) is 28.8. The van der Waals surface area contributed by atoms with Gasteiger partial charge in [0.25, 0.3) is 0 Å². The Labute approximate surface area is 480 Å². The maximum Gasteiger partial charge on any atom is 2.00 e. The van der Waals surface area contributed by atoms with E-state index < -0.39 is 0 Å². The van der Waals surface area contributed by atoms with Crippen LogP contribution in [0.25, 0.3) is 0 Å². The summed E-state index contributed by atoms with van der Waals surface area (Å²) in [6.45, 7) is 0. The van der Waals surface area contributed by atoms with E-state index in [2.05, 4.69) is 297 Å². The summed E-state index contributed by atoms with van der Waals surface area (Å²) in [4.78, 5) is 3.67. The Morgan fingerprint density at radius 3 is 0.333 bits per heavy atom. The summed E-state index contributed by atoms with van der Waals surface area (Å²) in [6, 6.07) is 0. The Morgan fingerprint density at radius 2 is 0.246 bits per heavy atom. The van der Waals surface area contributed by atoms with E-state index in [-0.39, 0.29) is 191 Å². The molecule has 9 fully saturated rings. The maximum atomic E-state index is 4.26. The number of rotatable bonds is 0. The summed E-state index contributed by atoms with van der Waals surface area (Å²) in [5.74, 6) is 2.18. The molecule has 5 heterocycles. The molecule has 4 saturated carbocycles. The monoisotopic (exact) mass is 1860 g/mol. The van der Waals surface area contributed by atoms with Crippen molar-refractivity contribution in [2.45, 2.75) is 127 Å². The first-order chi connectivity index (χ1) is 26.4. The van der Waals surface area contributed by atoms with Crippen LogP contribution < -0.4 is 42.5 Å². The molecule has 1 radical (unpaired) electrons. The van der Waals surface area contributed by atoms with Gasteiger partial charge in [0.2, 0.25) is 0 Å². The van der Waals surface area contributed by atoms with Gasteiger partial charge in [0.1, 0.15) is 0 Å². The van der Waals surface area contributed by atoms with Crippen LogP contribution in [0.5, 0.6) is 0 Å². The first kappa shape index (κ1) is 51.2. The van der Waals surface area contributed by atoms with Gasteiger partial charge in [0, 0.05) is 125 Å². The van der Waals surface area contributed by atoms with Crippen molar-refractivity contribution in [3.05, 3.63) is 0 Å². The summed E-state index contributed by atoms with van der Waals surface area (Å²) >= 11 is 66.9. The van der Waals surface area contributed by atoms with Gasteiger partial charge in [-0.3, -0.25) is 42.5 Å². The Balaban J connectivity index is 0.00000455. The Morgan fingerprint density at radius 1 is 0.158 bits per heavy atom. The minimum Gasteiger partial charge on any atom is -0.286 e. The quantitative estimate of drug-likeness (QED) is 0.0905. The molecule has 25 heteroatoms. The van der Waals surface area contributed by atoms with Crippen LogP contribution in [-0.4, -0.2) is 127 Å². The van der Waals surface area contributed by atoms with E-state index in [9.17, 15) is 0 Å². The van der Waals surface area contributed by atoms with Gasteiger partial charge < -0.3 is 0 Å². The van der Waals surface area contributed by atoms with Crippen LogP contribution in [0.15, 0.2) is 0 Å². The van der Waals surface area contributed by atoms with Gasteiger partial charge in [-0.2, -0.15) is 0 Å². The zero-order chi connectivity index (χ0) is 40.1. The largest absolute Gasteiger partial charge is 2.00 e. The molecule has 5 saturated heterocycles. The van der Waals surface area contributed by atoms with Crippen molar-refractivity contribution in [1.29, 1.82) is 0 Å². The number of nitrogens with one attached hydrogen (secondary N) is 8. The van der Waals surface area contributed by atoms with E-state index in [1.54, 1.807) is 0 Å². The van der Waals surface area contributed by atoms with E-state index >= 15 is 0 Å². The van der Waals surface area contributed by atoms with Crippen LogP contribution in [0.3, 0.4) is 0 Å². The van der Waals surface area contributed by atoms with Gasteiger partial charge in [-0.15, -0.1) is 0 Å².